The highest BCUT2D eigenvalue weighted by Crippen LogP contribution is 2.07. The van der Waals surface area contributed by atoms with E-state index >= 15 is 0 Å². The van der Waals surface area contributed by atoms with E-state index in [1.807, 2.05) is 12.1 Å². The van der Waals surface area contributed by atoms with E-state index in [-0.39, 0.29) is 12.2 Å². The second-order valence-corrected chi connectivity index (χ2v) is 4.32. The Balaban J connectivity index is 1.74. The lowest BCUT2D eigenvalue weighted by Gasteiger charge is -2.11. The first-order chi connectivity index (χ1) is 9.65. The first-order valence-corrected chi connectivity index (χ1v) is 6.09. The van der Waals surface area contributed by atoms with Gasteiger partial charge in [0.05, 0.1) is 17.6 Å². The maximum Gasteiger partial charge on any atom is 0.306 e. The third-order valence-corrected chi connectivity index (χ3v) is 2.66. The molecule has 0 saturated heterocycles. The molecule has 0 aliphatic carbocycles. The average Bonchev–Trinajstić information content (AvgIpc) is 2.88. The first-order valence-electron chi connectivity index (χ1n) is 6.09. The zero-order chi connectivity index (χ0) is 14.4. The Bertz CT molecular complexity index is 557. The van der Waals surface area contributed by atoms with Crippen LogP contribution in [0.5, 0.6) is 0 Å². The zero-order valence-electron chi connectivity index (χ0n) is 10.7. The summed E-state index contributed by atoms with van der Waals surface area (Å²) < 4.78 is 1.36. The summed E-state index contributed by atoms with van der Waals surface area (Å²) in [6.07, 6.45) is 5.23. The Labute approximate surface area is 115 Å². The molecule has 2 rings (SSSR count). The van der Waals surface area contributed by atoms with Crippen LogP contribution < -0.4 is 5.32 Å². The van der Waals surface area contributed by atoms with Gasteiger partial charge in [0.1, 0.15) is 12.4 Å². The number of rotatable bonds is 7. The smallest absolute Gasteiger partial charge is 0.306 e. The molecule has 8 heteroatoms. The highest BCUT2D eigenvalue weighted by atomic mass is 16.6. The molecule has 8 nitrogen and oxygen atoms in total. The van der Waals surface area contributed by atoms with Crippen LogP contribution in [0.4, 0.5) is 5.69 Å². The molecule has 0 spiro atoms. The van der Waals surface area contributed by atoms with Crippen molar-refractivity contribution in [3.63, 3.8) is 0 Å². The Kier molecular flexibility index (Phi) is 4.75. The lowest BCUT2D eigenvalue weighted by molar-refractivity contribution is -0.385. The maximum absolute atomic E-state index is 10.5. The number of hydrogen-bond acceptors (Lipinski definition) is 6. The SMILES string of the molecule is O=[N+]([O-])c1cnn(CC(O)CNCc2cccnc2)c1. The van der Waals surface area contributed by atoms with Crippen LogP contribution in [0.3, 0.4) is 0 Å². The molecule has 0 aromatic carbocycles. The highest BCUT2D eigenvalue weighted by molar-refractivity contribution is 5.20. The van der Waals surface area contributed by atoms with Gasteiger partial charge in [-0.2, -0.15) is 5.10 Å². The minimum atomic E-state index is -0.675. The normalized spacial score (nSPS) is 12.2. The molecule has 2 aromatic rings. The van der Waals surface area contributed by atoms with Crippen LogP contribution in [0.2, 0.25) is 0 Å². The van der Waals surface area contributed by atoms with E-state index in [4.69, 9.17) is 0 Å². The molecule has 2 N–H and O–H groups in total. The fourth-order valence-electron chi connectivity index (χ4n) is 1.71. The summed E-state index contributed by atoms with van der Waals surface area (Å²) in [6, 6.07) is 3.78. The topological polar surface area (TPSA) is 106 Å². The second kappa shape index (κ2) is 6.73. The molecule has 0 aliphatic rings. The Morgan fingerprint density at radius 1 is 1.50 bits per heavy atom. The van der Waals surface area contributed by atoms with Gasteiger partial charge in [0.2, 0.25) is 0 Å². The van der Waals surface area contributed by atoms with Crippen LogP contribution in [0, 0.1) is 10.1 Å². The number of aliphatic hydroxyl groups is 1. The van der Waals surface area contributed by atoms with Crippen molar-refractivity contribution >= 4 is 5.69 Å². The number of aromatic nitrogens is 3. The van der Waals surface area contributed by atoms with Crippen LogP contribution in [-0.4, -0.2) is 37.4 Å². The van der Waals surface area contributed by atoms with Gasteiger partial charge in [-0.1, -0.05) is 6.07 Å². The molecule has 0 aliphatic heterocycles. The van der Waals surface area contributed by atoms with Gasteiger partial charge in [-0.3, -0.25) is 19.8 Å². The van der Waals surface area contributed by atoms with Crippen LogP contribution in [0.25, 0.3) is 0 Å². The summed E-state index contributed by atoms with van der Waals surface area (Å²) in [4.78, 5) is 14.0. The van der Waals surface area contributed by atoms with E-state index in [0.29, 0.717) is 13.1 Å². The summed E-state index contributed by atoms with van der Waals surface area (Å²) >= 11 is 0. The summed E-state index contributed by atoms with van der Waals surface area (Å²) in [5.74, 6) is 0. The number of pyridine rings is 1. The van der Waals surface area contributed by atoms with Crippen molar-refractivity contribution in [3.8, 4) is 0 Å². The molecule has 1 unspecified atom stereocenters. The fourth-order valence-corrected chi connectivity index (χ4v) is 1.71. The lowest BCUT2D eigenvalue weighted by atomic mass is 10.3. The maximum atomic E-state index is 10.5. The Morgan fingerprint density at radius 2 is 2.35 bits per heavy atom. The Hall–Kier alpha value is -2.32. The van der Waals surface area contributed by atoms with Gasteiger partial charge < -0.3 is 10.4 Å². The van der Waals surface area contributed by atoms with Crippen LogP contribution in [-0.2, 0) is 13.1 Å². The van der Waals surface area contributed by atoms with Gasteiger partial charge in [-0.05, 0) is 11.6 Å². The molecule has 2 aromatic heterocycles. The third-order valence-electron chi connectivity index (χ3n) is 2.66. The molecule has 2 heterocycles. The van der Waals surface area contributed by atoms with Crippen molar-refractivity contribution in [2.45, 2.75) is 19.2 Å². The molecule has 0 radical (unpaired) electrons. The number of hydrogen-bond donors (Lipinski definition) is 2. The van der Waals surface area contributed by atoms with E-state index in [1.165, 1.54) is 10.9 Å². The number of nitrogens with zero attached hydrogens (tertiary/aromatic N) is 4. The van der Waals surface area contributed by atoms with Crippen molar-refractivity contribution in [3.05, 3.63) is 52.6 Å². The van der Waals surface area contributed by atoms with E-state index in [9.17, 15) is 15.2 Å². The molecular formula is C12H15N5O3. The first kappa shape index (κ1) is 14.1. The minimum absolute atomic E-state index is 0.0829. The van der Waals surface area contributed by atoms with Gasteiger partial charge >= 0.3 is 5.69 Å². The van der Waals surface area contributed by atoms with Crippen molar-refractivity contribution < 1.29 is 10.0 Å². The highest BCUT2D eigenvalue weighted by Gasteiger charge is 2.11. The molecular weight excluding hydrogens is 262 g/mol. The molecule has 20 heavy (non-hydrogen) atoms. The van der Waals surface area contributed by atoms with Gasteiger partial charge in [-0.25, -0.2) is 0 Å². The van der Waals surface area contributed by atoms with E-state index in [0.717, 1.165) is 11.8 Å². The van der Waals surface area contributed by atoms with Gasteiger partial charge in [0.15, 0.2) is 0 Å². The average molecular weight is 277 g/mol. The number of nitrogens with one attached hydrogen (secondary N) is 1. The Morgan fingerprint density at radius 3 is 3.00 bits per heavy atom. The fraction of sp³-hybridized carbons (Fsp3) is 0.333. The third kappa shape index (κ3) is 4.11. The number of aliphatic hydroxyl groups excluding tert-OH is 1. The minimum Gasteiger partial charge on any atom is -0.390 e. The van der Waals surface area contributed by atoms with Crippen LogP contribution in [0.1, 0.15) is 5.56 Å². The van der Waals surface area contributed by atoms with E-state index < -0.39 is 11.0 Å². The van der Waals surface area contributed by atoms with Crippen molar-refractivity contribution in [1.82, 2.24) is 20.1 Å². The van der Waals surface area contributed by atoms with E-state index in [1.54, 1.807) is 12.4 Å². The number of nitro groups is 1. The summed E-state index contributed by atoms with van der Waals surface area (Å²) in [7, 11) is 0. The van der Waals surface area contributed by atoms with Gasteiger partial charge in [-0.15, -0.1) is 0 Å². The van der Waals surface area contributed by atoms with Crippen LogP contribution in [0.15, 0.2) is 36.9 Å². The van der Waals surface area contributed by atoms with Gasteiger partial charge in [0.25, 0.3) is 0 Å². The monoisotopic (exact) mass is 277 g/mol. The summed E-state index contributed by atoms with van der Waals surface area (Å²) in [5, 5.41) is 27.2. The molecule has 106 valence electrons. The molecule has 0 saturated carbocycles. The predicted octanol–water partition coefficient (Wildman–Crippen LogP) is 0.337. The summed E-state index contributed by atoms with van der Waals surface area (Å²) in [5.41, 5.74) is 0.940. The second-order valence-electron chi connectivity index (χ2n) is 4.32. The predicted molar refractivity (Wildman–Crippen MR) is 70.8 cm³/mol. The zero-order valence-corrected chi connectivity index (χ0v) is 10.7. The lowest BCUT2D eigenvalue weighted by Crippen LogP contribution is -2.30. The standard InChI is InChI=1S/C12H15N5O3/c18-12(7-14-5-10-2-1-3-13-4-10)9-16-8-11(6-15-16)17(19)20/h1-4,6,8,12,14,18H,5,7,9H2. The molecule has 0 bridgehead atoms. The summed E-state index contributed by atoms with van der Waals surface area (Å²) in [6.45, 7) is 1.17. The van der Waals surface area contributed by atoms with Crippen molar-refractivity contribution in [2.24, 2.45) is 0 Å². The van der Waals surface area contributed by atoms with E-state index in [2.05, 4.69) is 15.4 Å². The molecule has 0 fully saturated rings. The largest absolute Gasteiger partial charge is 0.390 e. The quantitative estimate of drug-likeness (QED) is 0.558. The molecule has 0 amide bonds. The van der Waals surface area contributed by atoms with Gasteiger partial charge in [0, 0.05) is 25.5 Å². The van der Waals surface area contributed by atoms with Crippen molar-refractivity contribution in [2.75, 3.05) is 6.54 Å². The van der Waals surface area contributed by atoms with Crippen LogP contribution >= 0.6 is 0 Å². The molecule has 1 atom stereocenters. The van der Waals surface area contributed by atoms with Crippen molar-refractivity contribution in [1.29, 1.82) is 0 Å².